The Hall–Kier alpha value is -0.100. The van der Waals surface area contributed by atoms with Crippen molar-refractivity contribution >= 4 is 17.7 Å². The number of carbonyl (C=O) groups is 1. The number of hydrogen-bond acceptors (Lipinski definition) is 4. The molecular weight excluding hydrogens is 192 g/mol. The summed E-state index contributed by atoms with van der Waals surface area (Å²) in [4.78, 5) is 10.3. The molecular formula is C8H16O4S. The molecule has 0 spiro atoms. The van der Waals surface area contributed by atoms with Crippen LogP contribution in [-0.2, 0) is 19.0 Å². The second-order valence-corrected chi connectivity index (χ2v) is 2.75. The van der Waals surface area contributed by atoms with Crippen molar-refractivity contribution in [1.29, 1.82) is 0 Å². The molecule has 0 saturated heterocycles. The molecule has 0 aliphatic heterocycles. The predicted octanol–water partition coefficient (Wildman–Crippen LogP) is 0.512. The summed E-state index contributed by atoms with van der Waals surface area (Å²) in [7, 11) is 0. The van der Waals surface area contributed by atoms with Gasteiger partial charge in [0.25, 0.3) is 0 Å². The largest absolute Gasteiger partial charge is 0.379 e. The highest BCUT2D eigenvalue weighted by molar-refractivity contribution is 7.96. The molecule has 0 rings (SSSR count). The van der Waals surface area contributed by atoms with E-state index < -0.39 is 0 Å². The highest BCUT2D eigenvalue weighted by Crippen LogP contribution is 1.83. The fourth-order valence-corrected chi connectivity index (χ4v) is 0.733. The summed E-state index contributed by atoms with van der Waals surface area (Å²) in [6, 6.07) is 0. The van der Waals surface area contributed by atoms with E-state index in [0.29, 0.717) is 33.0 Å². The van der Waals surface area contributed by atoms with E-state index in [9.17, 15) is 4.79 Å². The number of hydrogen-bond donors (Lipinski definition) is 1. The van der Waals surface area contributed by atoms with Gasteiger partial charge in [0.15, 0.2) is 0 Å². The van der Waals surface area contributed by atoms with Crippen LogP contribution in [-0.4, -0.2) is 44.8 Å². The van der Waals surface area contributed by atoms with E-state index in [-0.39, 0.29) is 11.7 Å². The van der Waals surface area contributed by atoms with E-state index in [2.05, 4.69) is 12.6 Å². The van der Waals surface area contributed by atoms with Gasteiger partial charge in [0.1, 0.15) is 6.61 Å². The van der Waals surface area contributed by atoms with E-state index in [1.165, 1.54) is 0 Å². The maximum Gasteiger partial charge on any atom is 0.211 e. The lowest BCUT2D eigenvalue weighted by atomic mass is 10.7. The van der Waals surface area contributed by atoms with Crippen molar-refractivity contribution in [2.75, 3.05) is 39.6 Å². The SMILES string of the molecule is CCOCCOCCOCC(=O)S. The Bertz CT molecular complexity index is 129. The molecule has 0 aromatic rings. The van der Waals surface area contributed by atoms with Crippen molar-refractivity contribution in [2.24, 2.45) is 0 Å². The van der Waals surface area contributed by atoms with Crippen LogP contribution < -0.4 is 0 Å². The third-order valence-corrected chi connectivity index (χ3v) is 1.30. The smallest absolute Gasteiger partial charge is 0.211 e. The quantitative estimate of drug-likeness (QED) is 0.443. The normalized spacial score (nSPS) is 10.3. The molecule has 0 unspecified atom stereocenters. The van der Waals surface area contributed by atoms with Gasteiger partial charge in [-0.15, -0.1) is 12.6 Å². The average Bonchev–Trinajstić information content (AvgIpc) is 2.09. The van der Waals surface area contributed by atoms with Crippen LogP contribution in [0.15, 0.2) is 0 Å². The van der Waals surface area contributed by atoms with Crippen molar-refractivity contribution in [2.45, 2.75) is 6.92 Å². The van der Waals surface area contributed by atoms with Gasteiger partial charge < -0.3 is 14.2 Å². The fraction of sp³-hybridized carbons (Fsp3) is 0.875. The molecule has 0 saturated carbocycles. The first-order valence-electron chi connectivity index (χ1n) is 4.22. The zero-order valence-corrected chi connectivity index (χ0v) is 8.72. The molecule has 0 N–H and O–H groups in total. The molecule has 0 amide bonds. The van der Waals surface area contributed by atoms with Crippen LogP contribution in [0.5, 0.6) is 0 Å². The van der Waals surface area contributed by atoms with Crippen molar-refractivity contribution in [3.63, 3.8) is 0 Å². The molecule has 0 fully saturated rings. The first kappa shape index (κ1) is 12.9. The van der Waals surface area contributed by atoms with Gasteiger partial charge in [-0.25, -0.2) is 0 Å². The standard InChI is InChI=1S/C8H16O4S/c1-2-10-3-4-11-5-6-12-7-8(9)13/h2-7H2,1H3,(H,9,13). The lowest BCUT2D eigenvalue weighted by Gasteiger charge is -2.04. The van der Waals surface area contributed by atoms with E-state index in [0.717, 1.165) is 0 Å². The molecule has 0 radical (unpaired) electrons. The molecule has 5 heteroatoms. The Morgan fingerprint density at radius 3 is 2.15 bits per heavy atom. The summed E-state index contributed by atoms with van der Waals surface area (Å²) in [5, 5.41) is -0.269. The van der Waals surface area contributed by atoms with Crippen LogP contribution in [0.25, 0.3) is 0 Å². The summed E-state index contributed by atoms with van der Waals surface area (Å²) in [5.74, 6) is 0. The molecule has 0 bridgehead atoms. The first-order valence-corrected chi connectivity index (χ1v) is 4.67. The summed E-state index contributed by atoms with van der Waals surface area (Å²) < 4.78 is 15.1. The van der Waals surface area contributed by atoms with Gasteiger partial charge in [-0.05, 0) is 6.92 Å². The minimum Gasteiger partial charge on any atom is -0.379 e. The molecule has 0 aliphatic carbocycles. The average molecular weight is 208 g/mol. The van der Waals surface area contributed by atoms with Gasteiger partial charge in [-0.2, -0.15) is 0 Å². The van der Waals surface area contributed by atoms with Crippen LogP contribution in [0.3, 0.4) is 0 Å². The summed E-state index contributed by atoms with van der Waals surface area (Å²) in [5.41, 5.74) is 0. The zero-order chi connectivity index (χ0) is 9.94. The third kappa shape index (κ3) is 11.9. The molecule has 0 aliphatic rings. The van der Waals surface area contributed by atoms with Crippen LogP contribution in [0.1, 0.15) is 6.92 Å². The molecule has 4 nitrogen and oxygen atoms in total. The second-order valence-electron chi connectivity index (χ2n) is 2.26. The van der Waals surface area contributed by atoms with Crippen molar-refractivity contribution in [1.82, 2.24) is 0 Å². The minimum absolute atomic E-state index is 0.0396. The highest BCUT2D eigenvalue weighted by atomic mass is 32.1. The Morgan fingerprint density at radius 1 is 1.08 bits per heavy atom. The fourth-order valence-electron chi connectivity index (χ4n) is 0.642. The Labute approximate surface area is 84.0 Å². The van der Waals surface area contributed by atoms with E-state index in [4.69, 9.17) is 14.2 Å². The van der Waals surface area contributed by atoms with Gasteiger partial charge in [0.2, 0.25) is 5.12 Å². The van der Waals surface area contributed by atoms with Crippen LogP contribution in [0.4, 0.5) is 0 Å². The Balaban J connectivity index is 2.87. The van der Waals surface area contributed by atoms with E-state index >= 15 is 0 Å². The lowest BCUT2D eigenvalue weighted by Crippen LogP contribution is -2.11. The van der Waals surface area contributed by atoms with Gasteiger partial charge in [0, 0.05) is 6.61 Å². The zero-order valence-electron chi connectivity index (χ0n) is 7.82. The van der Waals surface area contributed by atoms with E-state index in [1.54, 1.807) is 0 Å². The number of ether oxygens (including phenoxy) is 3. The topological polar surface area (TPSA) is 44.8 Å². The number of carbonyl (C=O) groups excluding carboxylic acids is 1. The summed E-state index contributed by atoms with van der Waals surface area (Å²) in [6.07, 6.45) is 0. The van der Waals surface area contributed by atoms with Crippen molar-refractivity contribution in [3.05, 3.63) is 0 Å². The third-order valence-electron chi connectivity index (χ3n) is 1.17. The molecule has 0 atom stereocenters. The predicted molar refractivity (Wildman–Crippen MR) is 52.1 cm³/mol. The molecule has 0 heterocycles. The van der Waals surface area contributed by atoms with Gasteiger partial charge >= 0.3 is 0 Å². The van der Waals surface area contributed by atoms with Crippen molar-refractivity contribution in [3.8, 4) is 0 Å². The number of thiol groups is 1. The van der Waals surface area contributed by atoms with Crippen molar-refractivity contribution < 1.29 is 19.0 Å². The molecule has 0 aromatic carbocycles. The van der Waals surface area contributed by atoms with Gasteiger partial charge in [0.05, 0.1) is 26.4 Å². The lowest BCUT2D eigenvalue weighted by molar-refractivity contribution is -0.115. The Kier molecular flexibility index (Phi) is 9.91. The monoisotopic (exact) mass is 208 g/mol. The summed E-state index contributed by atoms with van der Waals surface area (Å²) >= 11 is 3.54. The molecule has 13 heavy (non-hydrogen) atoms. The maximum atomic E-state index is 10.3. The molecule has 78 valence electrons. The second kappa shape index (κ2) is 9.98. The van der Waals surface area contributed by atoms with E-state index in [1.807, 2.05) is 6.92 Å². The van der Waals surface area contributed by atoms with Crippen LogP contribution in [0, 0.1) is 0 Å². The first-order chi connectivity index (χ1) is 6.27. The minimum atomic E-state index is -0.269. The van der Waals surface area contributed by atoms with Crippen LogP contribution in [0.2, 0.25) is 0 Å². The summed E-state index contributed by atoms with van der Waals surface area (Å²) in [6.45, 7) is 4.73. The maximum absolute atomic E-state index is 10.3. The van der Waals surface area contributed by atoms with Gasteiger partial charge in [-0.1, -0.05) is 0 Å². The highest BCUT2D eigenvalue weighted by Gasteiger charge is 1.93. The number of rotatable bonds is 9. The molecule has 0 aromatic heterocycles. The van der Waals surface area contributed by atoms with Gasteiger partial charge in [-0.3, -0.25) is 4.79 Å². The Morgan fingerprint density at radius 2 is 1.62 bits per heavy atom. The van der Waals surface area contributed by atoms with Crippen LogP contribution >= 0.6 is 12.6 Å².